The summed E-state index contributed by atoms with van der Waals surface area (Å²) in [5.41, 5.74) is 11.9. The van der Waals surface area contributed by atoms with Crippen LogP contribution in [0.4, 0.5) is 0 Å². The predicted molar refractivity (Wildman–Crippen MR) is 104 cm³/mol. The second-order valence-corrected chi connectivity index (χ2v) is 8.25. The number of nitrogens with two attached hydrogens (primary N) is 1. The first-order chi connectivity index (χ1) is 11.9. The second-order valence-electron chi connectivity index (χ2n) is 8.25. The normalized spacial score (nSPS) is 26.0. The molecule has 2 heterocycles. The van der Waals surface area contributed by atoms with Gasteiger partial charge in [-0.2, -0.15) is 0 Å². The van der Waals surface area contributed by atoms with Gasteiger partial charge in [-0.3, -0.25) is 4.98 Å². The molecule has 1 saturated carbocycles. The second kappa shape index (κ2) is 5.70. The number of hydrogen-bond donors (Lipinski definition) is 2. The minimum absolute atomic E-state index is 0.0270. The molecule has 130 valence electrons. The predicted octanol–water partition coefficient (Wildman–Crippen LogP) is 5.02. The van der Waals surface area contributed by atoms with E-state index >= 15 is 0 Å². The van der Waals surface area contributed by atoms with Crippen LogP contribution >= 0.6 is 0 Å². The highest BCUT2D eigenvalue weighted by Gasteiger charge is 2.48. The summed E-state index contributed by atoms with van der Waals surface area (Å²) >= 11 is 0. The Bertz CT molecular complexity index is 894. The molecule has 2 aromatic heterocycles. The third-order valence-electron chi connectivity index (χ3n) is 6.45. The largest absolute Gasteiger partial charge is 0.358 e. The van der Waals surface area contributed by atoms with E-state index in [0.29, 0.717) is 5.92 Å². The zero-order chi connectivity index (χ0) is 17.7. The maximum Gasteiger partial charge on any atom is 0.0489 e. The molecule has 0 saturated heterocycles. The molecule has 3 N–H and O–H groups in total. The molecule has 1 aromatic carbocycles. The Hall–Kier alpha value is -2.13. The lowest BCUT2D eigenvalue weighted by atomic mass is 9.57. The van der Waals surface area contributed by atoms with E-state index in [2.05, 4.69) is 67.1 Å². The molecule has 1 aliphatic rings. The molecule has 1 aliphatic carbocycles. The zero-order valence-electron chi connectivity index (χ0n) is 15.3. The SMILES string of the molecule is Cc1c(C2CCC(N)(c3ccccc3)C(C)(C)C2)[nH]c2ccncc12. The first-order valence-electron chi connectivity index (χ1n) is 9.19. The van der Waals surface area contributed by atoms with E-state index in [0.717, 1.165) is 19.3 Å². The first kappa shape index (κ1) is 16.3. The van der Waals surface area contributed by atoms with Gasteiger partial charge in [0.1, 0.15) is 0 Å². The Kier molecular flexibility index (Phi) is 3.73. The fourth-order valence-electron chi connectivity index (χ4n) is 4.75. The molecule has 2 atom stereocenters. The third-order valence-corrected chi connectivity index (χ3v) is 6.45. The maximum atomic E-state index is 6.99. The molecular weight excluding hydrogens is 306 g/mol. The first-order valence-corrected chi connectivity index (χ1v) is 9.19. The van der Waals surface area contributed by atoms with Crippen LogP contribution in [0.3, 0.4) is 0 Å². The minimum atomic E-state index is -0.272. The van der Waals surface area contributed by atoms with Crippen molar-refractivity contribution in [1.29, 1.82) is 0 Å². The molecule has 0 spiro atoms. The van der Waals surface area contributed by atoms with Crippen molar-refractivity contribution in [2.75, 3.05) is 0 Å². The van der Waals surface area contributed by atoms with Gasteiger partial charge in [-0.1, -0.05) is 44.2 Å². The number of nitrogens with one attached hydrogen (secondary N) is 1. The number of aromatic amines is 1. The van der Waals surface area contributed by atoms with Gasteiger partial charge in [0, 0.05) is 34.5 Å². The van der Waals surface area contributed by atoms with Gasteiger partial charge in [0.2, 0.25) is 0 Å². The van der Waals surface area contributed by atoms with Crippen LogP contribution in [0, 0.1) is 12.3 Å². The number of aryl methyl sites for hydroxylation is 1. The highest BCUT2D eigenvalue weighted by Crippen LogP contribution is 2.53. The Morgan fingerprint density at radius 1 is 1.16 bits per heavy atom. The summed E-state index contributed by atoms with van der Waals surface area (Å²) in [6.07, 6.45) is 7.01. The standard InChI is InChI=1S/C22H27N3/c1-15-18-14-24-12-10-19(18)25-20(15)16-9-11-22(23,21(2,3)13-16)17-7-5-4-6-8-17/h4-8,10,12,14,16,25H,9,11,13,23H2,1-3H3. The van der Waals surface area contributed by atoms with Crippen molar-refractivity contribution in [2.24, 2.45) is 11.1 Å². The van der Waals surface area contributed by atoms with Gasteiger partial charge in [0.15, 0.2) is 0 Å². The van der Waals surface area contributed by atoms with Gasteiger partial charge in [-0.15, -0.1) is 0 Å². The van der Waals surface area contributed by atoms with Crippen LogP contribution < -0.4 is 5.73 Å². The number of rotatable bonds is 2. The van der Waals surface area contributed by atoms with E-state index < -0.39 is 0 Å². The molecule has 1 fully saturated rings. The molecule has 0 amide bonds. The quantitative estimate of drug-likeness (QED) is 0.692. The van der Waals surface area contributed by atoms with Gasteiger partial charge in [-0.25, -0.2) is 0 Å². The fourth-order valence-corrected chi connectivity index (χ4v) is 4.75. The van der Waals surface area contributed by atoms with Crippen molar-refractivity contribution in [3.8, 4) is 0 Å². The highest BCUT2D eigenvalue weighted by atomic mass is 14.8. The van der Waals surface area contributed by atoms with E-state index in [4.69, 9.17) is 5.73 Å². The molecule has 3 heteroatoms. The van der Waals surface area contributed by atoms with E-state index in [1.54, 1.807) is 0 Å². The van der Waals surface area contributed by atoms with Crippen molar-refractivity contribution in [2.45, 2.75) is 51.5 Å². The van der Waals surface area contributed by atoms with Crippen molar-refractivity contribution in [3.63, 3.8) is 0 Å². The molecule has 0 aliphatic heterocycles. The Morgan fingerprint density at radius 2 is 1.92 bits per heavy atom. The van der Waals surface area contributed by atoms with Crippen LogP contribution in [-0.4, -0.2) is 9.97 Å². The van der Waals surface area contributed by atoms with Crippen LogP contribution in [-0.2, 0) is 5.54 Å². The molecule has 3 nitrogen and oxygen atoms in total. The number of nitrogens with zero attached hydrogens (tertiary/aromatic N) is 1. The molecule has 0 radical (unpaired) electrons. The minimum Gasteiger partial charge on any atom is -0.358 e. The summed E-state index contributed by atoms with van der Waals surface area (Å²) in [5.74, 6) is 0.516. The fraction of sp³-hybridized carbons (Fsp3) is 0.409. The van der Waals surface area contributed by atoms with Gasteiger partial charge >= 0.3 is 0 Å². The molecule has 4 rings (SSSR count). The van der Waals surface area contributed by atoms with Crippen molar-refractivity contribution < 1.29 is 0 Å². The number of hydrogen-bond acceptors (Lipinski definition) is 2. The Balaban J connectivity index is 1.69. The van der Waals surface area contributed by atoms with Gasteiger partial charge in [-0.05, 0) is 54.7 Å². The lowest BCUT2D eigenvalue weighted by Gasteiger charge is -2.50. The lowest BCUT2D eigenvalue weighted by Crippen LogP contribution is -2.53. The van der Waals surface area contributed by atoms with Gasteiger partial charge < -0.3 is 10.7 Å². The average molecular weight is 333 g/mol. The average Bonchev–Trinajstić information content (AvgIpc) is 2.95. The monoisotopic (exact) mass is 333 g/mol. The maximum absolute atomic E-state index is 6.99. The van der Waals surface area contributed by atoms with Gasteiger partial charge in [0.25, 0.3) is 0 Å². The lowest BCUT2D eigenvalue weighted by molar-refractivity contribution is 0.0826. The Labute approximate surface area is 149 Å². The van der Waals surface area contributed by atoms with E-state index in [1.807, 2.05) is 12.4 Å². The molecule has 2 unspecified atom stereocenters. The van der Waals surface area contributed by atoms with Crippen LogP contribution in [0.2, 0.25) is 0 Å². The molecule has 25 heavy (non-hydrogen) atoms. The summed E-state index contributed by atoms with van der Waals surface area (Å²) in [4.78, 5) is 7.94. The van der Waals surface area contributed by atoms with E-state index in [1.165, 1.54) is 27.7 Å². The smallest absolute Gasteiger partial charge is 0.0489 e. The van der Waals surface area contributed by atoms with Crippen molar-refractivity contribution >= 4 is 10.9 Å². The summed E-state index contributed by atoms with van der Waals surface area (Å²) < 4.78 is 0. The number of fused-ring (bicyclic) bond motifs is 1. The summed E-state index contributed by atoms with van der Waals surface area (Å²) in [5, 5.41) is 1.24. The zero-order valence-corrected chi connectivity index (χ0v) is 15.3. The number of pyridine rings is 1. The number of H-pyrrole nitrogens is 1. The van der Waals surface area contributed by atoms with E-state index in [9.17, 15) is 0 Å². The van der Waals surface area contributed by atoms with Crippen LogP contribution in [0.5, 0.6) is 0 Å². The third kappa shape index (κ3) is 2.49. The number of benzene rings is 1. The Morgan fingerprint density at radius 3 is 2.60 bits per heavy atom. The van der Waals surface area contributed by atoms with E-state index in [-0.39, 0.29) is 11.0 Å². The highest BCUT2D eigenvalue weighted by molar-refractivity contribution is 5.83. The topological polar surface area (TPSA) is 54.7 Å². The van der Waals surface area contributed by atoms with Crippen LogP contribution in [0.25, 0.3) is 10.9 Å². The van der Waals surface area contributed by atoms with Crippen molar-refractivity contribution in [1.82, 2.24) is 9.97 Å². The van der Waals surface area contributed by atoms with Crippen LogP contribution in [0.1, 0.15) is 55.8 Å². The molecular formula is C22H27N3. The number of aromatic nitrogens is 2. The molecule has 3 aromatic rings. The van der Waals surface area contributed by atoms with Crippen molar-refractivity contribution in [3.05, 3.63) is 65.6 Å². The van der Waals surface area contributed by atoms with Gasteiger partial charge in [0.05, 0.1) is 0 Å². The summed E-state index contributed by atoms with van der Waals surface area (Å²) in [6.45, 7) is 6.86. The molecule has 0 bridgehead atoms. The summed E-state index contributed by atoms with van der Waals surface area (Å²) in [6, 6.07) is 12.7. The van der Waals surface area contributed by atoms with Crippen LogP contribution in [0.15, 0.2) is 48.8 Å². The summed E-state index contributed by atoms with van der Waals surface area (Å²) in [7, 11) is 0.